The van der Waals surface area contributed by atoms with Crippen molar-refractivity contribution in [3.05, 3.63) is 120 Å². The molecule has 3 aromatic carbocycles. The number of ether oxygens (including phenoxy) is 1. The van der Waals surface area contributed by atoms with Crippen LogP contribution in [0.5, 0.6) is 5.75 Å². The summed E-state index contributed by atoms with van der Waals surface area (Å²) in [6.07, 6.45) is 4.25. The Morgan fingerprint density at radius 2 is 1.76 bits per heavy atom. The molecule has 37 heavy (non-hydrogen) atoms. The van der Waals surface area contributed by atoms with Gasteiger partial charge in [0, 0.05) is 5.92 Å². The highest BCUT2D eigenvalue weighted by Crippen LogP contribution is 2.57. The van der Waals surface area contributed by atoms with Gasteiger partial charge in [0.25, 0.3) is 11.8 Å². The molecule has 2 amide bonds. The van der Waals surface area contributed by atoms with Gasteiger partial charge in [-0.05, 0) is 54.3 Å². The number of hydrogen-bond acceptors (Lipinski definition) is 5. The second-order valence-electron chi connectivity index (χ2n) is 9.46. The predicted molar refractivity (Wildman–Crippen MR) is 143 cm³/mol. The second-order valence-corrected chi connectivity index (χ2v) is 9.46. The molecule has 2 aliphatic rings. The number of imide groups is 1. The van der Waals surface area contributed by atoms with Crippen LogP contribution < -0.4 is 10.2 Å². The summed E-state index contributed by atoms with van der Waals surface area (Å²) < 4.78 is 5.55. The molecule has 3 aromatic rings. The molecule has 0 unspecified atom stereocenters. The van der Waals surface area contributed by atoms with Crippen LogP contribution in [0.15, 0.2) is 103 Å². The lowest BCUT2D eigenvalue weighted by molar-refractivity contribution is -0.138. The van der Waals surface area contributed by atoms with Crippen molar-refractivity contribution in [1.82, 2.24) is 5.01 Å². The highest BCUT2D eigenvalue weighted by Gasteiger charge is 2.65. The van der Waals surface area contributed by atoms with E-state index < -0.39 is 17.3 Å². The first-order chi connectivity index (χ1) is 18.0. The lowest BCUT2D eigenvalue weighted by atomic mass is 9.56. The summed E-state index contributed by atoms with van der Waals surface area (Å²) in [7, 11) is 0. The fourth-order valence-corrected chi connectivity index (χ4v) is 5.68. The molecule has 3 atom stereocenters. The number of nitrogens with one attached hydrogen (secondary N) is 1. The van der Waals surface area contributed by atoms with Gasteiger partial charge in [0.05, 0.1) is 23.6 Å². The number of allylic oxidation sites excluding steroid dienone is 3. The molecule has 0 saturated carbocycles. The van der Waals surface area contributed by atoms with Gasteiger partial charge >= 0.3 is 0 Å². The number of aliphatic hydroxyl groups is 1. The summed E-state index contributed by atoms with van der Waals surface area (Å²) in [5, 5.41) is 10.3. The van der Waals surface area contributed by atoms with Crippen molar-refractivity contribution >= 4 is 17.5 Å². The quantitative estimate of drug-likeness (QED) is 0.435. The number of amides is 2. The fraction of sp³-hybridized carbons (Fsp3) is 0.226. The highest BCUT2D eigenvalue weighted by atomic mass is 16.5. The molecule has 1 aliphatic carbocycles. The summed E-state index contributed by atoms with van der Waals surface area (Å²) in [6, 6.07) is 24.7. The second kappa shape index (κ2) is 10.1. The van der Waals surface area contributed by atoms with Gasteiger partial charge in [-0.25, -0.2) is 0 Å². The maximum absolute atomic E-state index is 14.5. The van der Waals surface area contributed by atoms with E-state index in [1.807, 2.05) is 91.9 Å². The standard InChI is InChI=1S/C31H30N2O4/c1-3-22-13-18-27-29(35)33(32-25-14-9-21(2)10-15-25)30(36)31(27,24-7-5-4-6-8-24)28(22)23-11-16-26(17-12-23)37-20-19-34/h3-17,27-28,32,34H,1,18-20H2,2H3/t27-,28+,31+/m0/s1. The van der Waals surface area contributed by atoms with Crippen molar-refractivity contribution in [3.63, 3.8) is 0 Å². The molecule has 6 heteroatoms. The van der Waals surface area contributed by atoms with Crippen LogP contribution in [0.3, 0.4) is 0 Å². The molecule has 1 aliphatic heterocycles. The van der Waals surface area contributed by atoms with Crippen molar-refractivity contribution in [1.29, 1.82) is 0 Å². The Kier molecular flexibility index (Phi) is 6.68. The number of aliphatic hydroxyl groups excluding tert-OH is 1. The molecular weight excluding hydrogens is 464 g/mol. The largest absolute Gasteiger partial charge is 0.491 e. The average Bonchev–Trinajstić information content (AvgIpc) is 3.15. The van der Waals surface area contributed by atoms with E-state index in [1.54, 1.807) is 6.08 Å². The highest BCUT2D eigenvalue weighted by molar-refractivity contribution is 6.12. The Hall–Kier alpha value is -4.16. The third-order valence-electron chi connectivity index (χ3n) is 7.36. The number of hydrogen-bond donors (Lipinski definition) is 2. The molecule has 5 rings (SSSR count). The van der Waals surface area contributed by atoms with E-state index in [4.69, 9.17) is 9.84 Å². The minimum absolute atomic E-state index is 0.0764. The van der Waals surface area contributed by atoms with Gasteiger partial charge in [-0.1, -0.05) is 78.9 Å². The predicted octanol–water partition coefficient (Wildman–Crippen LogP) is 4.92. The van der Waals surface area contributed by atoms with E-state index in [-0.39, 0.29) is 25.0 Å². The van der Waals surface area contributed by atoms with E-state index in [2.05, 4.69) is 12.0 Å². The topological polar surface area (TPSA) is 78.9 Å². The van der Waals surface area contributed by atoms with Crippen LogP contribution in [0.1, 0.15) is 29.0 Å². The van der Waals surface area contributed by atoms with Gasteiger partial charge in [0.2, 0.25) is 0 Å². The zero-order valence-corrected chi connectivity index (χ0v) is 20.8. The first-order valence-corrected chi connectivity index (χ1v) is 12.4. The number of carbonyl (C=O) groups is 2. The molecule has 0 aromatic heterocycles. The van der Waals surface area contributed by atoms with Crippen molar-refractivity contribution in [2.75, 3.05) is 18.6 Å². The van der Waals surface area contributed by atoms with Gasteiger partial charge in [0.15, 0.2) is 0 Å². The molecule has 6 nitrogen and oxygen atoms in total. The van der Waals surface area contributed by atoms with Gasteiger partial charge in [-0.2, -0.15) is 5.01 Å². The molecule has 1 saturated heterocycles. The zero-order valence-electron chi connectivity index (χ0n) is 20.8. The number of aryl methyl sites for hydroxylation is 1. The number of benzene rings is 3. The SMILES string of the molecule is C=CC1=CC[C@H]2C(=O)N(Nc3ccc(C)cc3)C(=O)[C@@]2(c2ccccc2)[C@H]1c1ccc(OCCO)cc1. The monoisotopic (exact) mass is 494 g/mol. The van der Waals surface area contributed by atoms with Gasteiger partial charge in [-0.3, -0.25) is 15.0 Å². The lowest BCUT2D eigenvalue weighted by Crippen LogP contribution is -2.48. The van der Waals surface area contributed by atoms with Crippen molar-refractivity contribution in [2.45, 2.75) is 24.7 Å². The molecular formula is C31H30N2O4. The third-order valence-corrected chi connectivity index (χ3v) is 7.36. The molecule has 0 spiro atoms. The number of anilines is 1. The summed E-state index contributed by atoms with van der Waals surface area (Å²) in [5.41, 5.74) is 6.29. The molecule has 188 valence electrons. The maximum Gasteiger partial charge on any atom is 0.260 e. The van der Waals surface area contributed by atoms with Crippen molar-refractivity contribution in [3.8, 4) is 5.75 Å². The summed E-state index contributed by atoms with van der Waals surface area (Å²) in [6.45, 7) is 6.16. The fourth-order valence-electron chi connectivity index (χ4n) is 5.68. The Bertz CT molecular complexity index is 1330. The van der Waals surface area contributed by atoms with Crippen molar-refractivity contribution < 1.29 is 19.4 Å². The van der Waals surface area contributed by atoms with E-state index in [0.717, 1.165) is 22.3 Å². The summed E-state index contributed by atoms with van der Waals surface area (Å²) in [5.74, 6) is -0.924. The number of carbonyl (C=O) groups excluding carboxylic acids is 2. The van der Waals surface area contributed by atoms with E-state index in [9.17, 15) is 9.59 Å². The van der Waals surface area contributed by atoms with Crippen LogP contribution in [-0.4, -0.2) is 35.1 Å². The first-order valence-electron chi connectivity index (χ1n) is 12.4. The first kappa shape index (κ1) is 24.5. The molecule has 0 bridgehead atoms. The molecule has 1 heterocycles. The third kappa shape index (κ3) is 4.13. The minimum atomic E-state index is -1.15. The Balaban J connectivity index is 1.65. The number of nitrogens with zero attached hydrogens (tertiary/aromatic N) is 1. The Morgan fingerprint density at radius 1 is 1.05 bits per heavy atom. The number of hydrazine groups is 1. The van der Waals surface area contributed by atoms with Crippen LogP contribution >= 0.6 is 0 Å². The molecule has 1 fully saturated rings. The minimum Gasteiger partial charge on any atom is -0.491 e. The smallest absolute Gasteiger partial charge is 0.260 e. The van der Waals surface area contributed by atoms with Gasteiger partial charge in [0.1, 0.15) is 12.4 Å². The molecule has 2 N–H and O–H groups in total. The van der Waals surface area contributed by atoms with Crippen LogP contribution in [0.2, 0.25) is 0 Å². The van der Waals surface area contributed by atoms with E-state index in [1.165, 1.54) is 5.01 Å². The normalized spacial score (nSPS) is 22.9. The van der Waals surface area contributed by atoms with E-state index >= 15 is 0 Å². The van der Waals surface area contributed by atoms with Crippen LogP contribution in [0, 0.1) is 12.8 Å². The van der Waals surface area contributed by atoms with Crippen LogP contribution in [-0.2, 0) is 15.0 Å². The van der Waals surface area contributed by atoms with Gasteiger partial charge in [-0.15, -0.1) is 0 Å². The Labute approximate surface area is 216 Å². The zero-order chi connectivity index (χ0) is 26.0. The van der Waals surface area contributed by atoms with Crippen LogP contribution in [0.25, 0.3) is 0 Å². The van der Waals surface area contributed by atoms with Gasteiger partial charge < -0.3 is 9.84 Å². The van der Waals surface area contributed by atoms with Crippen molar-refractivity contribution in [2.24, 2.45) is 5.92 Å². The van der Waals surface area contributed by atoms with Crippen LogP contribution in [0.4, 0.5) is 5.69 Å². The number of rotatable bonds is 8. The average molecular weight is 495 g/mol. The summed E-state index contributed by atoms with van der Waals surface area (Å²) >= 11 is 0. The maximum atomic E-state index is 14.5. The molecule has 0 radical (unpaired) electrons. The van der Waals surface area contributed by atoms with E-state index in [0.29, 0.717) is 17.9 Å². The summed E-state index contributed by atoms with van der Waals surface area (Å²) in [4.78, 5) is 28.4. The Morgan fingerprint density at radius 3 is 2.41 bits per heavy atom. The number of fused-ring (bicyclic) bond motifs is 1. The lowest BCUT2D eigenvalue weighted by Gasteiger charge is -2.43.